The molecule has 1 N–H and O–H groups in total. The topological polar surface area (TPSA) is 114 Å². The highest BCUT2D eigenvalue weighted by Crippen LogP contribution is 2.32. The Labute approximate surface area is 200 Å². The monoisotopic (exact) mass is 491 g/mol. The molecule has 0 radical (unpaired) electrons. The van der Waals surface area contributed by atoms with E-state index < -0.39 is 30.5 Å². The van der Waals surface area contributed by atoms with Gasteiger partial charge in [0.2, 0.25) is 0 Å². The summed E-state index contributed by atoms with van der Waals surface area (Å²) in [6.45, 7) is 4.50. The molecule has 2 aliphatic heterocycles. The third-order valence-electron chi connectivity index (χ3n) is 5.15. The number of nitrogens with zero attached hydrogens (tertiary/aromatic N) is 4. The molecular formula is C22H23ClFN5O5. The molecule has 2 aromatic heterocycles. The number of rotatable bonds is 5. The lowest BCUT2D eigenvalue weighted by atomic mass is 10.1. The van der Waals surface area contributed by atoms with Crippen LogP contribution < -0.4 is 15.1 Å². The van der Waals surface area contributed by atoms with Crippen molar-refractivity contribution in [2.45, 2.75) is 45.5 Å². The fraction of sp³-hybridized carbons (Fsp3) is 0.409. The quantitative estimate of drug-likeness (QED) is 0.635. The van der Waals surface area contributed by atoms with Gasteiger partial charge in [-0.15, -0.1) is 0 Å². The molecule has 3 amide bonds. The molecule has 0 aromatic carbocycles. The van der Waals surface area contributed by atoms with Gasteiger partial charge < -0.3 is 14.8 Å². The van der Waals surface area contributed by atoms with Gasteiger partial charge in [-0.3, -0.25) is 14.6 Å². The predicted molar refractivity (Wildman–Crippen MR) is 121 cm³/mol. The number of amides is 3. The molecule has 4 heterocycles. The van der Waals surface area contributed by atoms with E-state index in [4.69, 9.17) is 21.1 Å². The van der Waals surface area contributed by atoms with E-state index >= 15 is 0 Å². The van der Waals surface area contributed by atoms with Crippen LogP contribution in [0, 0.1) is 0 Å². The van der Waals surface area contributed by atoms with Crippen molar-refractivity contribution in [2.24, 2.45) is 0 Å². The van der Waals surface area contributed by atoms with Gasteiger partial charge in [-0.2, -0.15) is 0 Å². The van der Waals surface area contributed by atoms with E-state index in [1.54, 1.807) is 39.0 Å². The number of carbonyl (C=O) groups excluding carboxylic acids is 3. The van der Waals surface area contributed by atoms with Crippen molar-refractivity contribution >= 4 is 41.3 Å². The van der Waals surface area contributed by atoms with E-state index in [0.29, 0.717) is 16.8 Å². The lowest BCUT2D eigenvalue weighted by Crippen LogP contribution is -2.36. The summed E-state index contributed by atoms with van der Waals surface area (Å²) in [4.78, 5) is 48.5. The zero-order valence-corrected chi connectivity index (χ0v) is 19.6. The largest absolute Gasteiger partial charge is 0.447 e. The van der Waals surface area contributed by atoms with Gasteiger partial charge in [0.1, 0.15) is 41.7 Å². The van der Waals surface area contributed by atoms with E-state index in [9.17, 15) is 18.8 Å². The maximum atomic E-state index is 13.3. The molecule has 10 nitrogen and oxygen atoms in total. The Balaban J connectivity index is 1.58. The van der Waals surface area contributed by atoms with Gasteiger partial charge in [0.15, 0.2) is 0 Å². The molecular weight excluding hydrogens is 469 g/mol. The predicted octanol–water partition coefficient (Wildman–Crippen LogP) is 3.61. The van der Waals surface area contributed by atoms with Crippen molar-refractivity contribution in [1.29, 1.82) is 0 Å². The number of halogens is 2. The molecule has 2 aromatic rings. The van der Waals surface area contributed by atoms with Crippen molar-refractivity contribution in [3.05, 3.63) is 46.2 Å². The van der Waals surface area contributed by atoms with Gasteiger partial charge in [0.05, 0.1) is 18.8 Å². The zero-order valence-electron chi connectivity index (χ0n) is 18.8. The van der Waals surface area contributed by atoms with Crippen molar-refractivity contribution in [2.75, 3.05) is 23.1 Å². The number of aromatic nitrogens is 2. The minimum absolute atomic E-state index is 0.00416. The number of alkyl halides is 1. The summed E-state index contributed by atoms with van der Waals surface area (Å²) in [5.41, 5.74) is 0.663. The molecule has 12 heteroatoms. The van der Waals surface area contributed by atoms with Crippen molar-refractivity contribution < 1.29 is 28.2 Å². The fourth-order valence-electron chi connectivity index (χ4n) is 3.69. The standard InChI is InChI=1S/C22H23ClFN5O5/c1-22(2,3)34-20(31)25-9-15-14-10-28(19(30)13(14)7-16(23)26-15)17-5-4-6-18(27-17)29-12(8-24)11-33-21(29)32/h4-7,12H,8-11H2,1-3H3,(H,25,31)/t12-/m0/s1. The summed E-state index contributed by atoms with van der Waals surface area (Å²) in [6, 6.07) is 5.44. The van der Waals surface area contributed by atoms with Crippen LogP contribution in [0.4, 0.5) is 25.6 Å². The number of anilines is 2. The normalized spacial score (nSPS) is 17.6. The molecule has 1 atom stereocenters. The molecule has 1 saturated heterocycles. The average molecular weight is 492 g/mol. The Bertz CT molecular complexity index is 1150. The Hall–Kier alpha value is -3.47. The van der Waals surface area contributed by atoms with Gasteiger partial charge in [0, 0.05) is 11.1 Å². The molecule has 1 fully saturated rings. The van der Waals surface area contributed by atoms with Gasteiger partial charge in [-0.05, 0) is 39.0 Å². The van der Waals surface area contributed by atoms with Crippen LogP contribution in [0.2, 0.25) is 5.15 Å². The summed E-state index contributed by atoms with van der Waals surface area (Å²) in [6.07, 6.45) is -1.33. The number of nitrogens with one attached hydrogen (secondary N) is 1. The highest BCUT2D eigenvalue weighted by molar-refractivity contribution is 6.30. The van der Waals surface area contributed by atoms with Gasteiger partial charge in [-0.1, -0.05) is 17.7 Å². The van der Waals surface area contributed by atoms with E-state index in [-0.39, 0.29) is 42.4 Å². The number of ether oxygens (including phenoxy) is 2. The van der Waals surface area contributed by atoms with Crippen LogP contribution in [0.5, 0.6) is 0 Å². The molecule has 2 aliphatic rings. The Morgan fingerprint density at radius 3 is 2.74 bits per heavy atom. The number of fused-ring (bicyclic) bond motifs is 1. The van der Waals surface area contributed by atoms with Gasteiger partial charge in [0.25, 0.3) is 5.91 Å². The van der Waals surface area contributed by atoms with Crippen LogP contribution in [0.1, 0.15) is 42.4 Å². The van der Waals surface area contributed by atoms with Crippen LogP contribution in [0.25, 0.3) is 0 Å². The molecule has 0 saturated carbocycles. The number of cyclic esters (lactones) is 1. The number of hydrogen-bond acceptors (Lipinski definition) is 7. The van der Waals surface area contributed by atoms with Crippen LogP contribution in [0.3, 0.4) is 0 Å². The lowest BCUT2D eigenvalue weighted by Gasteiger charge is -2.21. The molecule has 0 aliphatic carbocycles. The first-order valence-electron chi connectivity index (χ1n) is 10.5. The van der Waals surface area contributed by atoms with Crippen LogP contribution in [0.15, 0.2) is 24.3 Å². The maximum Gasteiger partial charge on any atom is 0.416 e. The lowest BCUT2D eigenvalue weighted by molar-refractivity contribution is 0.0522. The number of alkyl carbamates (subject to hydrolysis) is 1. The molecule has 4 rings (SSSR count). The number of hydrogen-bond donors (Lipinski definition) is 1. The summed E-state index contributed by atoms with van der Waals surface area (Å²) < 4.78 is 23.5. The van der Waals surface area contributed by atoms with Crippen LogP contribution in [-0.2, 0) is 22.6 Å². The van der Waals surface area contributed by atoms with E-state index in [1.807, 2.05) is 0 Å². The maximum absolute atomic E-state index is 13.3. The first kappa shape index (κ1) is 23.7. The second-order valence-corrected chi connectivity index (χ2v) is 9.16. The third-order valence-corrected chi connectivity index (χ3v) is 5.35. The molecule has 0 unspecified atom stereocenters. The van der Waals surface area contributed by atoms with E-state index in [0.717, 1.165) is 4.90 Å². The minimum atomic E-state index is -0.788. The Morgan fingerprint density at radius 1 is 1.29 bits per heavy atom. The van der Waals surface area contributed by atoms with Crippen LogP contribution in [-0.4, -0.2) is 53.0 Å². The first-order chi connectivity index (χ1) is 16.1. The first-order valence-corrected chi connectivity index (χ1v) is 10.9. The summed E-state index contributed by atoms with van der Waals surface area (Å²) in [7, 11) is 0. The minimum Gasteiger partial charge on any atom is -0.447 e. The zero-order chi connectivity index (χ0) is 24.6. The fourth-order valence-corrected chi connectivity index (χ4v) is 3.90. The average Bonchev–Trinajstić information content (AvgIpc) is 3.31. The number of carbonyl (C=O) groups is 3. The Kier molecular flexibility index (Phi) is 6.30. The highest BCUT2D eigenvalue weighted by Gasteiger charge is 2.37. The molecule has 0 bridgehead atoms. The van der Waals surface area contributed by atoms with Crippen molar-refractivity contribution in [3.63, 3.8) is 0 Å². The SMILES string of the molecule is CC(C)(C)OC(=O)NCc1nc(Cl)cc2c1CN(c1cccc(N3C(=O)OC[C@@H]3CF)n1)C2=O. The molecule has 180 valence electrons. The molecule has 34 heavy (non-hydrogen) atoms. The van der Waals surface area contributed by atoms with Crippen molar-refractivity contribution in [1.82, 2.24) is 15.3 Å². The number of pyridine rings is 2. The van der Waals surface area contributed by atoms with E-state index in [1.165, 1.54) is 11.0 Å². The Morgan fingerprint density at radius 2 is 2.03 bits per heavy atom. The summed E-state index contributed by atoms with van der Waals surface area (Å²) >= 11 is 6.13. The second kappa shape index (κ2) is 9.05. The van der Waals surface area contributed by atoms with Gasteiger partial charge >= 0.3 is 12.2 Å². The van der Waals surface area contributed by atoms with E-state index in [2.05, 4.69) is 15.3 Å². The summed E-state index contributed by atoms with van der Waals surface area (Å²) in [5, 5.41) is 2.72. The smallest absolute Gasteiger partial charge is 0.416 e. The highest BCUT2D eigenvalue weighted by atomic mass is 35.5. The summed E-state index contributed by atoms with van der Waals surface area (Å²) in [5.74, 6) is 0.0704. The van der Waals surface area contributed by atoms with Crippen molar-refractivity contribution in [3.8, 4) is 0 Å². The second-order valence-electron chi connectivity index (χ2n) is 8.77. The third kappa shape index (κ3) is 4.74. The van der Waals surface area contributed by atoms with Crippen LogP contribution >= 0.6 is 11.6 Å². The molecule has 0 spiro atoms. The van der Waals surface area contributed by atoms with Gasteiger partial charge in [-0.25, -0.2) is 23.9 Å².